The van der Waals surface area contributed by atoms with Crippen molar-refractivity contribution in [2.75, 3.05) is 6.54 Å². The molecule has 1 amide bonds. The number of rotatable bonds is 4. The summed E-state index contributed by atoms with van der Waals surface area (Å²) in [4.78, 5) is 12.4. The van der Waals surface area contributed by atoms with Crippen molar-refractivity contribution in [3.63, 3.8) is 0 Å². The van der Waals surface area contributed by atoms with Gasteiger partial charge in [0, 0.05) is 11.9 Å². The SMILES string of the molecule is Cc1ccccc1C(C)CNC(=O)c1cccc2occc12. The van der Waals surface area contributed by atoms with Crippen LogP contribution in [0.3, 0.4) is 0 Å². The predicted molar refractivity (Wildman–Crippen MR) is 88.1 cm³/mol. The van der Waals surface area contributed by atoms with E-state index >= 15 is 0 Å². The summed E-state index contributed by atoms with van der Waals surface area (Å²) in [6, 6.07) is 15.6. The summed E-state index contributed by atoms with van der Waals surface area (Å²) in [7, 11) is 0. The van der Waals surface area contributed by atoms with Crippen molar-refractivity contribution >= 4 is 16.9 Å². The highest BCUT2D eigenvalue weighted by Crippen LogP contribution is 2.21. The smallest absolute Gasteiger partial charge is 0.252 e. The zero-order chi connectivity index (χ0) is 15.5. The number of carbonyl (C=O) groups excluding carboxylic acids is 1. The van der Waals surface area contributed by atoms with Gasteiger partial charge >= 0.3 is 0 Å². The number of aryl methyl sites for hydroxylation is 1. The first kappa shape index (κ1) is 14.4. The topological polar surface area (TPSA) is 42.2 Å². The van der Waals surface area contributed by atoms with Gasteiger partial charge in [-0.3, -0.25) is 4.79 Å². The van der Waals surface area contributed by atoms with E-state index in [0.717, 1.165) is 11.0 Å². The van der Waals surface area contributed by atoms with Crippen molar-refractivity contribution in [2.45, 2.75) is 19.8 Å². The Morgan fingerprint density at radius 3 is 2.77 bits per heavy atom. The summed E-state index contributed by atoms with van der Waals surface area (Å²) in [5.41, 5.74) is 3.91. The van der Waals surface area contributed by atoms with E-state index in [1.165, 1.54) is 11.1 Å². The number of hydrogen-bond acceptors (Lipinski definition) is 2. The highest BCUT2D eigenvalue weighted by atomic mass is 16.3. The second kappa shape index (κ2) is 6.06. The third-order valence-electron chi connectivity index (χ3n) is 4.03. The third-order valence-corrected chi connectivity index (χ3v) is 4.03. The van der Waals surface area contributed by atoms with Gasteiger partial charge in [0.1, 0.15) is 5.58 Å². The van der Waals surface area contributed by atoms with Gasteiger partial charge in [0.25, 0.3) is 5.91 Å². The summed E-state index contributed by atoms with van der Waals surface area (Å²) < 4.78 is 5.34. The molecular formula is C19H19NO2. The lowest BCUT2D eigenvalue weighted by Gasteiger charge is -2.15. The quantitative estimate of drug-likeness (QED) is 0.780. The molecule has 0 radical (unpaired) electrons. The van der Waals surface area contributed by atoms with Gasteiger partial charge in [-0.1, -0.05) is 37.3 Å². The van der Waals surface area contributed by atoms with Crippen molar-refractivity contribution in [2.24, 2.45) is 0 Å². The minimum absolute atomic E-state index is 0.0626. The largest absolute Gasteiger partial charge is 0.464 e. The Kier molecular flexibility index (Phi) is 3.96. The minimum atomic E-state index is -0.0626. The summed E-state index contributed by atoms with van der Waals surface area (Å²) in [5, 5.41) is 3.88. The molecule has 0 saturated carbocycles. The molecule has 0 aliphatic heterocycles. The highest BCUT2D eigenvalue weighted by molar-refractivity contribution is 6.05. The highest BCUT2D eigenvalue weighted by Gasteiger charge is 2.13. The monoisotopic (exact) mass is 293 g/mol. The number of hydrogen-bond donors (Lipinski definition) is 1. The minimum Gasteiger partial charge on any atom is -0.464 e. The van der Waals surface area contributed by atoms with Crippen LogP contribution < -0.4 is 5.32 Å². The fourth-order valence-corrected chi connectivity index (χ4v) is 2.78. The number of nitrogens with one attached hydrogen (secondary N) is 1. The summed E-state index contributed by atoms with van der Waals surface area (Å²) in [6.45, 7) is 4.83. The Balaban J connectivity index is 1.73. The van der Waals surface area contributed by atoms with Gasteiger partial charge in [0.05, 0.1) is 11.8 Å². The Bertz CT molecular complexity index is 804. The van der Waals surface area contributed by atoms with Gasteiger partial charge in [-0.05, 0) is 42.2 Å². The first-order chi connectivity index (χ1) is 10.7. The molecule has 0 aliphatic rings. The van der Waals surface area contributed by atoms with Crippen LogP contribution in [-0.4, -0.2) is 12.5 Å². The second-order valence-electron chi connectivity index (χ2n) is 5.61. The lowest BCUT2D eigenvalue weighted by atomic mass is 9.96. The first-order valence-electron chi connectivity index (χ1n) is 7.47. The van der Waals surface area contributed by atoms with Gasteiger partial charge in [-0.2, -0.15) is 0 Å². The van der Waals surface area contributed by atoms with Gasteiger partial charge in [-0.25, -0.2) is 0 Å². The number of furan rings is 1. The van der Waals surface area contributed by atoms with E-state index in [1.807, 2.05) is 36.4 Å². The number of fused-ring (bicyclic) bond motifs is 1. The molecule has 0 bridgehead atoms. The third kappa shape index (κ3) is 2.75. The van der Waals surface area contributed by atoms with E-state index in [9.17, 15) is 4.79 Å². The van der Waals surface area contributed by atoms with Crippen LogP contribution >= 0.6 is 0 Å². The number of benzene rings is 2. The first-order valence-corrected chi connectivity index (χ1v) is 7.47. The van der Waals surface area contributed by atoms with Crippen LogP contribution in [0.2, 0.25) is 0 Å². The maximum absolute atomic E-state index is 12.4. The van der Waals surface area contributed by atoms with E-state index in [0.29, 0.717) is 12.1 Å². The molecular weight excluding hydrogens is 274 g/mol. The maximum atomic E-state index is 12.4. The van der Waals surface area contributed by atoms with Crippen molar-refractivity contribution in [1.82, 2.24) is 5.32 Å². The van der Waals surface area contributed by atoms with Crippen LogP contribution in [-0.2, 0) is 0 Å². The van der Waals surface area contributed by atoms with E-state index in [4.69, 9.17) is 4.42 Å². The summed E-state index contributed by atoms with van der Waals surface area (Å²) >= 11 is 0. The van der Waals surface area contributed by atoms with Crippen LogP contribution in [0.25, 0.3) is 11.0 Å². The number of amides is 1. The molecule has 0 fully saturated rings. The molecule has 0 spiro atoms. The zero-order valence-corrected chi connectivity index (χ0v) is 12.8. The number of carbonyl (C=O) groups is 1. The van der Waals surface area contributed by atoms with E-state index in [1.54, 1.807) is 6.26 Å². The molecule has 1 N–H and O–H groups in total. The predicted octanol–water partition coefficient (Wildman–Crippen LogP) is 4.27. The maximum Gasteiger partial charge on any atom is 0.252 e. The molecule has 2 aromatic carbocycles. The molecule has 1 aromatic heterocycles. The standard InChI is InChI=1S/C19H19NO2/c1-13-6-3-4-7-15(13)14(2)12-20-19(21)17-8-5-9-18-16(17)10-11-22-18/h3-11,14H,12H2,1-2H3,(H,20,21). The Morgan fingerprint density at radius 2 is 1.95 bits per heavy atom. The average molecular weight is 293 g/mol. The molecule has 1 atom stereocenters. The Labute approximate surface area is 130 Å². The van der Waals surface area contributed by atoms with Crippen LogP contribution in [0.15, 0.2) is 59.2 Å². The van der Waals surface area contributed by atoms with Crippen LogP contribution in [0.1, 0.15) is 34.3 Å². The van der Waals surface area contributed by atoms with Crippen LogP contribution in [0, 0.1) is 6.92 Å². The average Bonchev–Trinajstić information content (AvgIpc) is 3.01. The molecule has 3 heteroatoms. The van der Waals surface area contributed by atoms with Crippen molar-refractivity contribution in [3.05, 3.63) is 71.5 Å². The second-order valence-corrected chi connectivity index (χ2v) is 5.61. The van der Waals surface area contributed by atoms with E-state index in [2.05, 4.69) is 31.3 Å². The Hall–Kier alpha value is -2.55. The van der Waals surface area contributed by atoms with Gasteiger partial charge < -0.3 is 9.73 Å². The van der Waals surface area contributed by atoms with Crippen molar-refractivity contribution in [3.8, 4) is 0 Å². The van der Waals surface area contributed by atoms with Crippen molar-refractivity contribution < 1.29 is 9.21 Å². The van der Waals surface area contributed by atoms with Gasteiger partial charge in [0.2, 0.25) is 0 Å². The molecule has 1 unspecified atom stereocenters. The van der Waals surface area contributed by atoms with Crippen LogP contribution in [0.5, 0.6) is 0 Å². The van der Waals surface area contributed by atoms with E-state index in [-0.39, 0.29) is 11.8 Å². The fourth-order valence-electron chi connectivity index (χ4n) is 2.78. The fraction of sp³-hybridized carbons (Fsp3) is 0.211. The molecule has 0 aliphatic carbocycles. The van der Waals surface area contributed by atoms with Gasteiger partial charge in [-0.15, -0.1) is 0 Å². The van der Waals surface area contributed by atoms with Crippen molar-refractivity contribution in [1.29, 1.82) is 0 Å². The lowest BCUT2D eigenvalue weighted by molar-refractivity contribution is 0.0953. The molecule has 3 aromatic rings. The molecule has 3 nitrogen and oxygen atoms in total. The lowest BCUT2D eigenvalue weighted by Crippen LogP contribution is -2.27. The summed E-state index contributed by atoms with van der Waals surface area (Å²) in [5.74, 6) is 0.209. The van der Waals surface area contributed by atoms with Gasteiger partial charge in [0.15, 0.2) is 0 Å². The summed E-state index contributed by atoms with van der Waals surface area (Å²) in [6.07, 6.45) is 1.61. The molecule has 1 heterocycles. The normalized spacial score (nSPS) is 12.3. The zero-order valence-electron chi connectivity index (χ0n) is 12.8. The molecule has 112 valence electrons. The Morgan fingerprint density at radius 1 is 1.14 bits per heavy atom. The molecule has 0 saturated heterocycles. The van der Waals surface area contributed by atoms with E-state index < -0.39 is 0 Å². The van der Waals surface area contributed by atoms with Crippen LogP contribution in [0.4, 0.5) is 0 Å². The molecule has 3 rings (SSSR count). The molecule has 22 heavy (non-hydrogen) atoms.